The zero-order valence-electron chi connectivity index (χ0n) is 6.38. The van der Waals surface area contributed by atoms with Gasteiger partial charge >= 0.3 is 0 Å². The van der Waals surface area contributed by atoms with Crippen LogP contribution in [0.15, 0.2) is 29.3 Å². The van der Waals surface area contributed by atoms with Gasteiger partial charge in [0.25, 0.3) is 0 Å². The topological polar surface area (TPSA) is 38.4 Å². The average molecular weight is 138 g/mol. The van der Waals surface area contributed by atoms with Gasteiger partial charge in [0.05, 0.1) is 0 Å². The van der Waals surface area contributed by atoms with E-state index in [1.54, 1.807) is 12.3 Å². The second-order valence-electron chi connectivity index (χ2n) is 1.81. The predicted octanol–water partition coefficient (Wildman–Crippen LogP) is 1.15. The van der Waals surface area contributed by atoms with Crippen LogP contribution in [0.4, 0.5) is 0 Å². The molecule has 0 atom stereocenters. The smallest absolute Gasteiger partial charge is 0.0361 e. The van der Waals surface area contributed by atoms with E-state index in [0.717, 1.165) is 12.1 Å². The molecule has 56 valence electrons. The molecule has 0 unspecified atom stereocenters. The van der Waals surface area contributed by atoms with Crippen LogP contribution in [0.5, 0.6) is 0 Å². The molecule has 0 aliphatic carbocycles. The van der Waals surface area contributed by atoms with Gasteiger partial charge in [0, 0.05) is 19.3 Å². The highest BCUT2D eigenvalue weighted by atomic mass is 14.7. The largest absolute Gasteiger partial charge is 0.326 e. The number of rotatable bonds is 4. The van der Waals surface area contributed by atoms with Crippen LogP contribution in [0, 0.1) is 0 Å². The van der Waals surface area contributed by atoms with Crippen LogP contribution in [0.2, 0.25) is 0 Å². The van der Waals surface area contributed by atoms with Crippen molar-refractivity contribution in [3.8, 4) is 0 Å². The molecule has 0 amide bonds. The zero-order valence-corrected chi connectivity index (χ0v) is 6.38. The van der Waals surface area contributed by atoms with Gasteiger partial charge in [-0.3, -0.25) is 4.99 Å². The Morgan fingerprint density at radius 2 is 2.40 bits per heavy atom. The Balaban J connectivity index is 3.94. The molecule has 0 aromatic heterocycles. The summed E-state index contributed by atoms with van der Waals surface area (Å²) in [5.74, 6) is 0. The minimum Gasteiger partial charge on any atom is -0.326 e. The maximum atomic E-state index is 5.39. The lowest BCUT2D eigenvalue weighted by molar-refractivity contribution is 1.13. The summed E-state index contributed by atoms with van der Waals surface area (Å²) >= 11 is 0. The summed E-state index contributed by atoms with van der Waals surface area (Å²) in [5.41, 5.74) is 6.40. The molecular weight excluding hydrogens is 124 g/mol. The van der Waals surface area contributed by atoms with Crippen LogP contribution in [0.1, 0.15) is 6.92 Å². The zero-order chi connectivity index (χ0) is 7.82. The highest BCUT2D eigenvalue weighted by Crippen LogP contribution is 1.86. The van der Waals surface area contributed by atoms with Gasteiger partial charge in [-0.15, -0.1) is 0 Å². The first kappa shape index (κ1) is 9.11. The molecule has 2 heteroatoms. The third kappa shape index (κ3) is 4.04. The molecule has 0 heterocycles. The van der Waals surface area contributed by atoms with Crippen LogP contribution in [-0.2, 0) is 0 Å². The summed E-state index contributed by atoms with van der Waals surface area (Å²) in [6.07, 6.45) is 5.35. The Morgan fingerprint density at radius 1 is 1.70 bits per heavy atom. The van der Waals surface area contributed by atoms with Crippen molar-refractivity contribution < 1.29 is 0 Å². The Morgan fingerprint density at radius 3 is 2.80 bits per heavy atom. The fourth-order valence-corrected chi connectivity index (χ4v) is 0.524. The van der Waals surface area contributed by atoms with Crippen molar-refractivity contribution in [2.75, 3.05) is 13.1 Å². The Kier molecular flexibility index (Phi) is 5.68. The second kappa shape index (κ2) is 6.23. The Labute approximate surface area is 62.1 Å². The minimum atomic E-state index is 0.523. The molecule has 0 fully saturated rings. The molecule has 0 rings (SSSR count). The predicted molar refractivity (Wildman–Crippen MR) is 46.4 cm³/mol. The third-order valence-corrected chi connectivity index (χ3v) is 1.01. The first-order chi connectivity index (χ1) is 4.85. The second-order valence-corrected chi connectivity index (χ2v) is 1.81. The summed E-state index contributed by atoms with van der Waals surface area (Å²) in [7, 11) is 0. The lowest BCUT2D eigenvalue weighted by Crippen LogP contribution is -2.03. The van der Waals surface area contributed by atoms with Crippen LogP contribution < -0.4 is 5.73 Å². The van der Waals surface area contributed by atoms with E-state index in [-0.39, 0.29) is 0 Å². The van der Waals surface area contributed by atoms with Gasteiger partial charge < -0.3 is 5.73 Å². The quantitative estimate of drug-likeness (QED) is 0.459. The van der Waals surface area contributed by atoms with Crippen molar-refractivity contribution in [1.29, 1.82) is 0 Å². The lowest BCUT2D eigenvalue weighted by atomic mass is 10.3. The molecule has 0 saturated carbocycles. The van der Waals surface area contributed by atoms with Gasteiger partial charge in [-0.05, 0) is 12.5 Å². The number of nitrogens with zero attached hydrogens (tertiary/aromatic N) is 1. The maximum absolute atomic E-state index is 5.39. The van der Waals surface area contributed by atoms with Crippen molar-refractivity contribution >= 4 is 6.21 Å². The van der Waals surface area contributed by atoms with E-state index in [9.17, 15) is 0 Å². The number of hydrogen-bond donors (Lipinski definition) is 1. The number of nitrogens with two attached hydrogens (primary N) is 1. The molecule has 0 saturated heterocycles. The molecule has 2 N–H and O–H groups in total. The SMILES string of the molecule is C=C/C=C(\C=N\CC)CN. The lowest BCUT2D eigenvalue weighted by Gasteiger charge is -1.91. The highest BCUT2D eigenvalue weighted by molar-refractivity contribution is 5.79. The van der Waals surface area contributed by atoms with E-state index >= 15 is 0 Å². The Bertz CT molecular complexity index is 145. The van der Waals surface area contributed by atoms with Gasteiger partial charge in [-0.2, -0.15) is 0 Å². The van der Waals surface area contributed by atoms with Crippen molar-refractivity contribution in [3.05, 3.63) is 24.3 Å². The van der Waals surface area contributed by atoms with Crippen molar-refractivity contribution in [3.63, 3.8) is 0 Å². The van der Waals surface area contributed by atoms with Crippen LogP contribution in [0.25, 0.3) is 0 Å². The summed E-state index contributed by atoms with van der Waals surface area (Å²) in [5, 5.41) is 0. The molecule has 0 aliphatic rings. The third-order valence-electron chi connectivity index (χ3n) is 1.01. The standard InChI is InChI=1S/C8H14N2/c1-3-5-8(6-9)7-10-4-2/h3,5,7H,1,4,6,9H2,2H3/b8-5-,10-7+. The molecular formula is C8H14N2. The molecule has 0 spiro atoms. The summed E-state index contributed by atoms with van der Waals surface area (Å²) in [4.78, 5) is 4.04. The fourth-order valence-electron chi connectivity index (χ4n) is 0.524. The van der Waals surface area contributed by atoms with Gasteiger partial charge in [-0.1, -0.05) is 18.7 Å². The average Bonchev–Trinajstić information content (AvgIpc) is 1.98. The first-order valence-corrected chi connectivity index (χ1v) is 3.36. The van der Waals surface area contributed by atoms with Crippen molar-refractivity contribution in [2.24, 2.45) is 10.7 Å². The van der Waals surface area contributed by atoms with E-state index in [4.69, 9.17) is 5.73 Å². The van der Waals surface area contributed by atoms with Crippen molar-refractivity contribution in [1.82, 2.24) is 0 Å². The number of hydrogen-bond acceptors (Lipinski definition) is 2. The summed E-state index contributed by atoms with van der Waals surface area (Å²) in [6.45, 7) is 6.87. The molecule has 10 heavy (non-hydrogen) atoms. The molecule has 0 bridgehead atoms. The van der Waals surface area contributed by atoms with Gasteiger partial charge in [0.15, 0.2) is 0 Å². The number of allylic oxidation sites excluding steroid dienone is 2. The van der Waals surface area contributed by atoms with E-state index in [1.165, 1.54) is 0 Å². The molecule has 2 nitrogen and oxygen atoms in total. The molecule has 0 radical (unpaired) electrons. The van der Waals surface area contributed by atoms with Crippen LogP contribution >= 0.6 is 0 Å². The van der Waals surface area contributed by atoms with E-state index in [1.807, 2.05) is 13.0 Å². The van der Waals surface area contributed by atoms with E-state index in [0.29, 0.717) is 6.54 Å². The number of aliphatic imine (C=N–C) groups is 1. The first-order valence-electron chi connectivity index (χ1n) is 3.36. The Hall–Kier alpha value is -0.890. The van der Waals surface area contributed by atoms with E-state index in [2.05, 4.69) is 11.6 Å². The molecule has 0 aromatic rings. The fraction of sp³-hybridized carbons (Fsp3) is 0.375. The highest BCUT2D eigenvalue weighted by Gasteiger charge is 1.83. The molecule has 0 aliphatic heterocycles. The summed E-state index contributed by atoms with van der Waals surface area (Å²) in [6, 6.07) is 0. The van der Waals surface area contributed by atoms with E-state index < -0.39 is 0 Å². The maximum Gasteiger partial charge on any atom is 0.0361 e. The molecule has 0 aromatic carbocycles. The van der Waals surface area contributed by atoms with Crippen LogP contribution in [-0.4, -0.2) is 19.3 Å². The monoisotopic (exact) mass is 138 g/mol. The minimum absolute atomic E-state index is 0.523. The van der Waals surface area contributed by atoms with Gasteiger partial charge in [0.1, 0.15) is 0 Å². The normalized spacial score (nSPS) is 12.4. The summed E-state index contributed by atoms with van der Waals surface area (Å²) < 4.78 is 0. The van der Waals surface area contributed by atoms with Gasteiger partial charge in [0.2, 0.25) is 0 Å². The van der Waals surface area contributed by atoms with Crippen molar-refractivity contribution in [2.45, 2.75) is 6.92 Å². The van der Waals surface area contributed by atoms with Gasteiger partial charge in [-0.25, -0.2) is 0 Å². The van der Waals surface area contributed by atoms with Crippen LogP contribution in [0.3, 0.4) is 0 Å².